The van der Waals surface area contributed by atoms with Crippen LogP contribution in [0.15, 0.2) is 18.2 Å². The van der Waals surface area contributed by atoms with Gasteiger partial charge in [-0.25, -0.2) is 9.78 Å². The minimum Gasteiger partial charge on any atom is -0.465 e. The lowest BCUT2D eigenvalue weighted by Gasteiger charge is -2.45. The van der Waals surface area contributed by atoms with Gasteiger partial charge >= 0.3 is 5.97 Å². The van der Waals surface area contributed by atoms with E-state index >= 15 is 0 Å². The summed E-state index contributed by atoms with van der Waals surface area (Å²) in [6.07, 6.45) is 3.48. The molecule has 3 aliphatic heterocycles. The number of carbonyl (C=O) groups excluding carboxylic acids is 1. The number of ether oxygens (including phenoxy) is 1. The first kappa shape index (κ1) is 17.5. The number of imidazole rings is 1. The summed E-state index contributed by atoms with van der Waals surface area (Å²) in [5.41, 5.74) is 2.36. The Kier molecular flexibility index (Phi) is 4.96. The van der Waals surface area contributed by atoms with Gasteiger partial charge in [0, 0.05) is 32.1 Å². The molecule has 6 nitrogen and oxygen atoms in total. The Morgan fingerprint density at radius 3 is 2.81 bits per heavy atom. The molecular weight excluding hydrogens is 328 g/mol. The number of hydrogen-bond donors (Lipinski definition) is 1. The number of aryl methyl sites for hydroxylation is 1. The van der Waals surface area contributed by atoms with Crippen LogP contribution in [0.5, 0.6) is 0 Å². The molecule has 3 aliphatic rings. The van der Waals surface area contributed by atoms with Crippen LogP contribution in [0, 0.1) is 5.92 Å². The van der Waals surface area contributed by atoms with E-state index in [1.807, 2.05) is 18.2 Å². The molecule has 1 N–H and O–H groups in total. The third-order valence-electron chi connectivity index (χ3n) is 5.97. The van der Waals surface area contributed by atoms with E-state index in [-0.39, 0.29) is 5.97 Å². The van der Waals surface area contributed by atoms with Crippen LogP contribution in [0.2, 0.25) is 0 Å². The van der Waals surface area contributed by atoms with E-state index < -0.39 is 0 Å². The molecule has 4 heterocycles. The fourth-order valence-electron chi connectivity index (χ4n) is 4.58. The minimum absolute atomic E-state index is 0.301. The lowest BCUT2D eigenvalue weighted by atomic mass is 9.84. The van der Waals surface area contributed by atoms with Crippen molar-refractivity contribution >= 4 is 17.0 Å². The maximum Gasteiger partial charge on any atom is 0.340 e. The van der Waals surface area contributed by atoms with Crippen molar-refractivity contribution in [1.29, 1.82) is 0 Å². The Bertz CT molecular complexity index is 792. The van der Waals surface area contributed by atoms with Crippen molar-refractivity contribution < 1.29 is 9.53 Å². The van der Waals surface area contributed by atoms with Crippen LogP contribution < -0.4 is 5.32 Å². The van der Waals surface area contributed by atoms with Crippen LogP contribution in [0.25, 0.3) is 11.0 Å². The monoisotopic (exact) mass is 356 g/mol. The molecule has 5 rings (SSSR count). The van der Waals surface area contributed by atoms with E-state index in [0.717, 1.165) is 42.3 Å². The van der Waals surface area contributed by atoms with Crippen molar-refractivity contribution in [3.8, 4) is 0 Å². The van der Waals surface area contributed by atoms with E-state index in [1.165, 1.54) is 39.6 Å². The Balaban J connectivity index is 1.54. The first-order valence-corrected chi connectivity index (χ1v) is 9.73. The maximum atomic E-state index is 12.2. The van der Waals surface area contributed by atoms with Gasteiger partial charge in [-0.15, -0.1) is 0 Å². The Labute approximate surface area is 154 Å². The first-order chi connectivity index (χ1) is 12.7. The van der Waals surface area contributed by atoms with Gasteiger partial charge < -0.3 is 19.5 Å². The molecule has 0 aliphatic carbocycles. The molecule has 6 heteroatoms. The van der Waals surface area contributed by atoms with Gasteiger partial charge in [0.1, 0.15) is 5.82 Å². The van der Waals surface area contributed by atoms with Crippen molar-refractivity contribution in [3.05, 3.63) is 29.6 Å². The summed E-state index contributed by atoms with van der Waals surface area (Å²) in [6.45, 7) is 7.51. The molecule has 3 fully saturated rings. The third kappa shape index (κ3) is 3.12. The summed E-state index contributed by atoms with van der Waals surface area (Å²) in [5.74, 6) is 1.53. The summed E-state index contributed by atoms with van der Waals surface area (Å²) in [7, 11) is 1.43. The molecule has 1 aromatic heterocycles. The van der Waals surface area contributed by atoms with Crippen LogP contribution in [-0.4, -0.2) is 59.8 Å². The van der Waals surface area contributed by atoms with E-state index in [1.54, 1.807) is 0 Å². The van der Waals surface area contributed by atoms with Crippen molar-refractivity contribution in [2.75, 3.05) is 33.3 Å². The van der Waals surface area contributed by atoms with E-state index in [9.17, 15) is 4.79 Å². The zero-order valence-electron chi connectivity index (χ0n) is 15.7. The number of para-hydroxylation sites is 1. The highest BCUT2D eigenvalue weighted by atomic mass is 16.5. The summed E-state index contributed by atoms with van der Waals surface area (Å²) >= 11 is 0. The van der Waals surface area contributed by atoms with Gasteiger partial charge in [0.25, 0.3) is 0 Å². The molecule has 3 saturated heterocycles. The first-order valence-electron chi connectivity index (χ1n) is 9.73. The lowest BCUT2D eigenvalue weighted by Crippen LogP contribution is -2.56. The molecular formula is C20H28N4O2. The second-order valence-corrected chi connectivity index (χ2v) is 7.40. The highest BCUT2D eigenvalue weighted by Crippen LogP contribution is 2.27. The molecule has 140 valence electrons. The molecule has 0 amide bonds. The van der Waals surface area contributed by atoms with Gasteiger partial charge in [0.15, 0.2) is 0 Å². The number of hydrogen-bond acceptors (Lipinski definition) is 5. The fourth-order valence-corrected chi connectivity index (χ4v) is 4.58. The molecule has 0 saturated carbocycles. The van der Waals surface area contributed by atoms with Gasteiger partial charge in [-0.05, 0) is 44.0 Å². The minimum atomic E-state index is -0.301. The van der Waals surface area contributed by atoms with Gasteiger partial charge in [0.05, 0.1) is 23.7 Å². The molecule has 1 aromatic carbocycles. The topological polar surface area (TPSA) is 59.4 Å². The van der Waals surface area contributed by atoms with Gasteiger partial charge in [0.2, 0.25) is 0 Å². The number of piperidine rings is 3. The second-order valence-electron chi connectivity index (χ2n) is 7.40. The Hall–Kier alpha value is -1.92. The van der Waals surface area contributed by atoms with Crippen LogP contribution in [-0.2, 0) is 17.7 Å². The lowest BCUT2D eigenvalue weighted by molar-refractivity contribution is 0.0602. The number of nitrogens with zero attached hydrogens (tertiary/aromatic N) is 3. The quantitative estimate of drug-likeness (QED) is 0.803. The van der Waals surface area contributed by atoms with Crippen LogP contribution >= 0.6 is 0 Å². The summed E-state index contributed by atoms with van der Waals surface area (Å²) in [5, 5.41) is 3.76. The number of rotatable bonds is 6. The Morgan fingerprint density at radius 1 is 1.35 bits per heavy atom. The van der Waals surface area contributed by atoms with Gasteiger partial charge in [-0.2, -0.15) is 0 Å². The number of carbonyl (C=O) groups is 1. The SMILES string of the molecule is CCc1nc2cccc(C(=O)OC)c2n1CCNC1CN2CCC1CC2. The van der Waals surface area contributed by atoms with E-state index in [4.69, 9.17) is 9.72 Å². The molecule has 0 radical (unpaired) electrons. The smallest absolute Gasteiger partial charge is 0.340 e. The number of methoxy groups -OCH3 is 1. The predicted molar refractivity (Wildman–Crippen MR) is 101 cm³/mol. The largest absolute Gasteiger partial charge is 0.465 e. The van der Waals surface area contributed by atoms with Crippen LogP contribution in [0.3, 0.4) is 0 Å². The summed E-state index contributed by atoms with van der Waals surface area (Å²) in [6, 6.07) is 6.26. The summed E-state index contributed by atoms with van der Waals surface area (Å²) < 4.78 is 7.16. The fraction of sp³-hybridized carbons (Fsp3) is 0.600. The van der Waals surface area contributed by atoms with Crippen LogP contribution in [0.4, 0.5) is 0 Å². The third-order valence-corrected chi connectivity index (χ3v) is 5.97. The number of nitrogens with one attached hydrogen (secondary N) is 1. The predicted octanol–water partition coefficient (Wildman–Crippen LogP) is 2.07. The maximum absolute atomic E-state index is 12.2. The van der Waals surface area contributed by atoms with Crippen molar-refractivity contribution in [3.63, 3.8) is 0 Å². The number of esters is 1. The second kappa shape index (κ2) is 7.37. The zero-order valence-corrected chi connectivity index (χ0v) is 15.7. The standard InChI is InChI=1S/C20H28N4O2/c1-3-18-22-16-6-4-5-15(20(25)26-2)19(16)24(18)12-9-21-17-13-23-10-7-14(17)8-11-23/h4-6,14,17,21H,3,7-13H2,1-2H3. The van der Waals surface area contributed by atoms with Crippen molar-refractivity contribution in [2.45, 2.75) is 38.8 Å². The number of benzene rings is 1. The molecule has 0 spiro atoms. The van der Waals surface area contributed by atoms with Crippen molar-refractivity contribution in [1.82, 2.24) is 19.8 Å². The normalized spacial score (nSPS) is 24.9. The van der Waals surface area contributed by atoms with Gasteiger partial charge in [-0.1, -0.05) is 13.0 Å². The zero-order chi connectivity index (χ0) is 18.1. The number of fused-ring (bicyclic) bond motifs is 4. The van der Waals surface area contributed by atoms with Crippen molar-refractivity contribution in [2.24, 2.45) is 5.92 Å². The Morgan fingerprint density at radius 2 is 2.15 bits per heavy atom. The van der Waals surface area contributed by atoms with Crippen LogP contribution in [0.1, 0.15) is 35.9 Å². The molecule has 26 heavy (non-hydrogen) atoms. The van der Waals surface area contributed by atoms with E-state index in [2.05, 4.69) is 21.7 Å². The average molecular weight is 356 g/mol. The van der Waals surface area contributed by atoms with Gasteiger partial charge in [-0.3, -0.25) is 0 Å². The molecule has 1 unspecified atom stereocenters. The number of aromatic nitrogens is 2. The van der Waals surface area contributed by atoms with E-state index in [0.29, 0.717) is 11.6 Å². The highest BCUT2D eigenvalue weighted by molar-refractivity contribution is 6.02. The molecule has 2 aromatic rings. The summed E-state index contributed by atoms with van der Waals surface area (Å²) in [4.78, 5) is 19.5. The highest BCUT2D eigenvalue weighted by Gasteiger charge is 2.33. The average Bonchev–Trinajstić information content (AvgIpc) is 3.06. The molecule has 1 atom stereocenters. The molecule has 2 bridgehead atoms.